The van der Waals surface area contributed by atoms with Crippen LogP contribution in [0.15, 0.2) is 24.3 Å². The number of nitrogens with one attached hydrogen (secondary N) is 1. The van der Waals surface area contributed by atoms with Crippen LogP contribution in [0.4, 0.5) is 4.79 Å². The first-order valence-electron chi connectivity index (χ1n) is 7.69. The minimum Gasteiger partial charge on any atom is -0.449 e. The smallest absolute Gasteiger partial charge is 0.338 e. The van der Waals surface area contributed by atoms with Gasteiger partial charge in [-0.1, -0.05) is 12.1 Å². The maximum Gasteiger partial charge on any atom is 0.338 e. The van der Waals surface area contributed by atoms with Gasteiger partial charge >= 0.3 is 12.0 Å². The van der Waals surface area contributed by atoms with Crippen molar-refractivity contribution in [2.24, 2.45) is 0 Å². The second-order valence-electron chi connectivity index (χ2n) is 5.46. The van der Waals surface area contributed by atoms with Gasteiger partial charge in [-0.15, -0.1) is 23.5 Å². The summed E-state index contributed by atoms with van der Waals surface area (Å²) in [7, 11) is 0. The lowest BCUT2D eigenvalue weighted by atomic mass is 10.1. The highest BCUT2D eigenvalue weighted by atomic mass is 32.2. The van der Waals surface area contributed by atoms with Crippen molar-refractivity contribution in [3.8, 4) is 0 Å². The van der Waals surface area contributed by atoms with Crippen LogP contribution in [0, 0.1) is 0 Å². The first-order valence-corrected chi connectivity index (χ1v) is 9.79. The van der Waals surface area contributed by atoms with E-state index in [2.05, 4.69) is 5.32 Å². The molecule has 2 saturated heterocycles. The summed E-state index contributed by atoms with van der Waals surface area (Å²) in [5, 5.41) is 2.55. The Morgan fingerprint density at radius 2 is 1.92 bits per heavy atom. The monoisotopic (exact) mass is 366 g/mol. The lowest BCUT2D eigenvalue weighted by molar-refractivity contribution is -0.136. The molecule has 6 nitrogen and oxygen atoms in total. The Morgan fingerprint density at radius 1 is 1.25 bits per heavy atom. The van der Waals surface area contributed by atoms with E-state index >= 15 is 0 Å². The summed E-state index contributed by atoms with van der Waals surface area (Å²) in [5.74, 6) is 1.22. The van der Waals surface area contributed by atoms with Crippen molar-refractivity contribution in [3.05, 3.63) is 35.4 Å². The first-order chi connectivity index (χ1) is 11.6. The highest BCUT2D eigenvalue weighted by molar-refractivity contribution is 8.19. The zero-order chi connectivity index (χ0) is 17.1. The molecule has 3 rings (SSSR count). The van der Waals surface area contributed by atoms with E-state index in [-0.39, 0.29) is 0 Å². The molecule has 0 radical (unpaired) electrons. The number of nitrogens with zero attached hydrogens (tertiary/aromatic N) is 1. The van der Waals surface area contributed by atoms with Gasteiger partial charge in [-0.25, -0.2) is 9.59 Å². The summed E-state index contributed by atoms with van der Waals surface area (Å²) >= 11 is 3.79. The van der Waals surface area contributed by atoms with Gasteiger partial charge in [-0.3, -0.25) is 9.69 Å². The van der Waals surface area contributed by atoms with Crippen molar-refractivity contribution >= 4 is 41.4 Å². The average Bonchev–Trinajstić information content (AvgIpc) is 3.25. The number of carbonyl (C=O) groups excluding carboxylic acids is 3. The Morgan fingerprint density at radius 3 is 2.50 bits per heavy atom. The Balaban J connectivity index is 1.59. The van der Waals surface area contributed by atoms with Gasteiger partial charge in [0.25, 0.3) is 5.91 Å². The number of hydrogen-bond acceptors (Lipinski definition) is 6. The fourth-order valence-corrected chi connectivity index (χ4v) is 5.37. The van der Waals surface area contributed by atoms with Gasteiger partial charge in [0.15, 0.2) is 6.10 Å². The predicted octanol–water partition coefficient (Wildman–Crippen LogP) is 2.26. The molecule has 0 spiro atoms. The largest absolute Gasteiger partial charge is 0.449 e. The molecular weight excluding hydrogens is 348 g/mol. The summed E-state index contributed by atoms with van der Waals surface area (Å²) in [5.41, 5.74) is 1.58. The third-order valence-corrected chi connectivity index (χ3v) is 6.90. The van der Waals surface area contributed by atoms with Crippen LogP contribution in [0.3, 0.4) is 0 Å². The molecule has 0 unspecified atom stereocenters. The zero-order valence-electron chi connectivity index (χ0n) is 13.2. The molecule has 2 fully saturated rings. The SMILES string of the molecule is C[C@H](OC(=O)c1ccc(C2SCCS2)cc1)C(=O)N1CCNC1=O. The number of amides is 3. The topological polar surface area (TPSA) is 75.7 Å². The fourth-order valence-electron chi connectivity index (χ4n) is 2.51. The molecule has 2 aliphatic heterocycles. The molecule has 1 atom stereocenters. The third kappa shape index (κ3) is 3.70. The van der Waals surface area contributed by atoms with Gasteiger partial charge in [-0.05, 0) is 24.6 Å². The summed E-state index contributed by atoms with van der Waals surface area (Å²) in [6, 6.07) is 6.84. The molecule has 0 bridgehead atoms. The lowest BCUT2D eigenvalue weighted by Gasteiger charge is -2.18. The molecule has 2 heterocycles. The van der Waals surface area contributed by atoms with Gasteiger partial charge in [-0.2, -0.15) is 0 Å². The molecule has 1 aromatic rings. The van der Waals surface area contributed by atoms with Crippen molar-refractivity contribution in [1.82, 2.24) is 10.2 Å². The van der Waals surface area contributed by atoms with Crippen LogP contribution in [0.1, 0.15) is 27.4 Å². The van der Waals surface area contributed by atoms with Crippen LogP contribution in [0.2, 0.25) is 0 Å². The summed E-state index contributed by atoms with van der Waals surface area (Å²) < 4.78 is 5.62. The summed E-state index contributed by atoms with van der Waals surface area (Å²) in [6.07, 6.45) is -0.998. The third-order valence-electron chi connectivity index (χ3n) is 3.79. The molecule has 3 amide bonds. The van der Waals surface area contributed by atoms with E-state index in [0.717, 1.165) is 16.4 Å². The first kappa shape index (κ1) is 17.2. The van der Waals surface area contributed by atoms with E-state index < -0.39 is 24.0 Å². The van der Waals surface area contributed by atoms with E-state index in [4.69, 9.17) is 4.74 Å². The quantitative estimate of drug-likeness (QED) is 0.824. The number of benzene rings is 1. The number of hydrogen-bond donors (Lipinski definition) is 1. The van der Waals surface area contributed by atoms with Crippen molar-refractivity contribution in [3.63, 3.8) is 0 Å². The highest BCUT2D eigenvalue weighted by Crippen LogP contribution is 2.45. The second kappa shape index (κ2) is 7.48. The van der Waals surface area contributed by atoms with Crippen LogP contribution in [0.5, 0.6) is 0 Å². The van der Waals surface area contributed by atoms with E-state index in [0.29, 0.717) is 23.2 Å². The van der Waals surface area contributed by atoms with E-state index in [1.807, 2.05) is 35.7 Å². The molecule has 8 heteroatoms. The number of rotatable bonds is 4. The Kier molecular flexibility index (Phi) is 5.35. The summed E-state index contributed by atoms with van der Waals surface area (Å²) in [4.78, 5) is 36.9. The second-order valence-corrected chi connectivity index (χ2v) is 8.19. The minimum absolute atomic E-state index is 0.297. The number of ether oxygens (including phenoxy) is 1. The van der Waals surface area contributed by atoms with Gasteiger partial charge in [0.1, 0.15) is 0 Å². The van der Waals surface area contributed by atoms with Gasteiger partial charge in [0, 0.05) is 24.6 Å². The molecule has 0 saturated carbocycles. The fraction of sp³-hybridized carbons (Fsp3) is 0.438. The van der Waals surface area contributed by atoms with Gasteiger partial charge in [0.05, 0.1) is 10.1 Å². The molecule has 0 aromatic heterocycles. The Labute approximate surface area is 148 Å². The van der Waals surface area contributed by atoms with Crippen LogP contribution in [-0.2, 0) is 9.53 Å². The van der Waals surface area contributed by atoms with Gasteiger partial charge < -0.3 is 10.1 Å². The number of urea groups is 1. The normalized spacial score (nSPS) is 19.2. The summed E-state index contributed by atoms with van der Waals surface area (Å²) in [6.45, 7) is 2.20. The molecule has 2 aliphatic rings. The number of thioether (sulfide) groups is 2. The van der Waals surface area contributed by atoms with E-state index in [1.54, 1.807) is 12.1 Å². The van der Waals surface area contributed by atoms with Gasteiger partial charge in [0.2, 0.25) is 0 Å². The van der Waals surface area contributed by atoms with Crippen LogP contribution in [0.25, 0.3) is 0 Å². The Hall–Kier alpha value is -1.67. The standard InChI is InChI=1S/C16H18N2O4S2/c1-10(13(19)18-7-6-17-16(18)21)22-14(20)11-2-4-12(5-3-11)15-23-8-9-24-15/h2-5,10,15H,6-9H2,1H3,(H,17,21)/t10-/m0/s1. The number of esters is 1. The van der Waals surface area contributed by atoms with Crippen LogP contribution in [-0.4, -0.2) is 53.5 Å². The minimum atomic E-state index is -0.998. The van der Waals surface area contributed by atoms with Crippen LogP contribution >= 0.6 is 23.5 Å². The Bertz CT molecular complexity index is 644. The molecule has 1 aromatic carbocycles. The van der Waals surface area contributed by atoms with Crippen molar-refractivity contribution in [1.29, 1.82) is 0 Å². The van der Waals surface area contributed by atoms with E-state index in [1.165, 1.54) is 12.5 Å². The van der Waals surface area contributed by atoms with Crippen molar-refractivity contribution < 1.29 is 19.1 Å². The number of carbonyl (C=O) groups is 3. The number of imide groups is 1. The van der Waals surface area contributed by atoms with Crippen molar-refractivity contribution in [2.45, 2.75) is 17.6 Å². The molecule has 24 heavy (non-hydrogen) atoms. The average molecular weight is 366 g/mol. The lowest BCUT2D eigenvalue weighted by Crippen LogP contribution is -2.41. The van der Waals surface area contributed by atoms with E-state index in [9.17, 15) is 14.4 Å². The molecule has 1 N–H and O–H groups in total. The molecule has 0 aliphatic carbocycles. The van der Waals surface area contributed by atoms with Crippen molar-refractivity contribution in [2.75, 3.05) is 24.6 Å². The molecule has 128 valence electrons. The maximum atomic E-state index is 12.2. The molecular formula is C16H18N2O4S2. The maximum absolute atomic E-state index is 12.2. The predicted molar refractivity (Wildman–Crippen MR) is 94.1 cm³/mol. The zero-order valence-corrected chi connectivity index (χ0v) is 14.8. The highest BCUT2D eigenvalue weighted by Gasteiger charge is 2.31. The van der Waals surface area contributed by atoms with Crippen LogP contribution < -0.4 is 5.32 Å².